The highest BCUT2D eigenvalue weighted by atomic mass is 16.1. The Morgan fingerprint density at radius 1 is 1.12 bits per heavy atom. The molecular weight excluding hydrogens is 198 g/mol. The van der Waals surface area contributed by atoms with Crippen molar-refractivity contribution in [1.29, 1.82) is 0 Å². The number of hydrogen-bond donors (Lipinski definition) is 1. The number of nitrogens with two attached hydrogens (primary N) is 1. The molecule has 1 fully saturated rings. The molecule has 2 N–H and O–H groups in total. The number of hydrogen-bond acceptors (Lipinski definition) is 2. The van der Waals surface area contributed by atoms with Crippen LogP contribution in [0, 0.1) is 0 Å². The summed E-state index contributed by atoms with van der Waals surface area (Å²) in [6.07, 6.45) is 6.07. The highest BCUT2D eigenvalue weighted by Gasteiger charge is 2.30. The molecule has 2 nitrogen and oxygen atoms in total. The van der Waals surface area contributed by atoms with Gasteiger partial charge in [0, 0.05) is 17.5 Å². The summed E-state index contributed by atoms with van der Waals surface area (Å²) in [5, 5.41) is 0. The number of rotatable bonds is 3. The molecule has 0 spiro atoms. The van der Waals surface area contributed by atoms with Gasteiger partial charge < -0.3 is 5.73 Å². The second-order valence-corrected chi connectivity index (χ2v) is 4.89. The van der Waals surface area contributed by atoms with Crippen molar-refractivity contribution in [2.45, 2.75) is 44.1 Å². The van der Waals surface area contributed by atoms with Gasteiger partial charge in [0.2, 0.25) is 0 Å². The van der Waals surface area contributed by atoms with E-state index in [4.69, 9.17) is 5.73 Å². The third-order valence-electron chi connectivity index (χ3n) is 3.46. The van der Waals surface area contributed by atoms with Gasteiger partial charge in [-0.25, -0.2) is 0 Å². The minimum Gasteiger partial charge on any atom is -0.325 e. The summed E-state index contributed by atoms with van der Waals surface area (Å²) in [6, 6.07) is 9.47. The fraction of sp³-hybridized carbons (Fsp3) is 0.500. The largest absolute Gasteiger partial charge is 0.325 e. The van der Waals surface area contributed by atoms with Crippen molar-refractivity contribution in [3.05, 3.63) is 35.9 Å². The summed E-state index contributed by atoms with van der Waals surface area (Å²) in [5.41, 5.74) is 6.82. The topological polar surface area (TPSA) is 43.1 Å². The molecule has 0 aromatic heterocycles. The van der Waals surface area contributed by atoms with Crippen molar-refractivity contribution in [2.24, 2.45) is 5.73 Å². The lowest BCUT2D eigenvalue weighted by atomic mass is 9.78. The lowest BCUT2D eigenvalue weighted by Crippen LogP contribution is -2.43. The van der Waals surface area contributed by atoms with E-state index >= 15 is 0 Å². The molecule has 16 heavy (non-hydrogen) atoms. The molecule has 0 saturated heterocycles. The summed E-state index contributed by atoms with van der Waals surface area (Å²) >= 11 is 0. The van der Waals surface area contributed by atoms with Crippen LogP contribution >= 0.6 is 0 Å². The number of Topliss-reactive ketones (excluding diaryl/α,β-unsaturated/α-hetero) is 1. The SMILES string of the molecule is NC1(CC(=O)c2ccccc2)CCCCC1. The maximum Gasteiger partial charge on any atom is 0.164 e. The molecule has 0 bridgehead atoms. The van der Waals surface area contributed by atoms with Gasteiger partial charge in [0.15, 0.2) is 5.78 Å². The van der Waals surface area contributed by atoms with Crippen LogP contribution < -0.4 is 5.73 Å². The monoisotopic (exact) mass is 217 g/mol. The normalized spacial score (nSPS) is 19.3. The van der Waals surface area contributed by atoms with Gasteiger partial charge in [-0.2, -0.15) is 0 Å². The Labute approximate surface area is 96.8 Å². The lowest BCUT2D eigenvalue weighted by molar-refractivity contribution is 0.0934. The van der Waals surface area contributed by atoms with Crippen LogP contribution in [0.25, 0.3) is 0 Å². The number of carbonyl (C=O) groups excluding carboxylic acids is 1. The van der Waals surface area contributed by atoms with Crippen LogP contribution in [0.5, 0.6) is 0 Å². The molecule has 1 saturated carbocycles. The summed E-state index contributed by atoms with van der Waals surface area (Å²) in [4.78, 5) is 12.0. The van der Waals surface area contributed by atoms with E-state index in [2.05, 4.69) is 0 Å². The number of ketones is 1. The van der Waals surface area contributed by atoms with Crippen LogP contribution in [0.15, 0.2) is 30.3 Å². The third-order valence-corrected chi connectivity index (χ3v) is 3.46. The fourth-order valence-electron chi connectivity index (χ4n) is 2.48. The molecule has 0 amide bonds. The average molecular weight is 217 g/mol. The summed E-state index contributed by atoms with van der Waals surface area (Å²) in [5.74, 6) is 0.185. The summed E-state index contributed by atoms with van der Waals surface area (Å²) in [7, 11) is 0. The molecule has 1 aromatic carbocycles. The van der Waals surface area contributed by atoms with Crippen molar-refractivity contribution in [3.8, 4) is 0 Å². The smallest absolute Gasteiger partial charge is 0.164 e. The van der Waals surface area contributed by atoms with E-state index in [1.165, 1.54) is 19.3 Å². The minimum absolute atomic E-state index is 0.185. The maximum absolute atomic E-state index is 12.0. The van der Waals surface area contributed by atoms with E-state index in [1.807, 2.05) is 30.3 Å². The quantitative estimate of drug-likeness (QED) is 0.791. The highest BCUT2D eigenvalue weighted by molar-refractivity contribution is 5.96. The van der Waals surface area contributed by atoms with E-state index in [0.717, 1.165) is 18.4 Å². The zero-order valence-corrected chi connectivity index (χ0v) is 9.61. The van der Waals surface area contributed by atoms with Crippen molar-refractivity contribution in [3.63, 3.8) is 0 Å². The van der Waals surface area contributed by atoms with Crippen molar-refractivity contribution >= 4 is 5.78 Å². The Morgan fingerprint density at radius 3 is 2.38 bits per heavy atom. The van der Waals surface area contributed by atoms with Crippen LogP contribution in [0.1, 0.15) is 48.9 Å². The van der Waals surface area contributed by atoms with E-state index in [9.17, 15) is 4.79 Å². The standard InChI is InChI=1S/C14H19NO/c15-14(9-5-2-6-10-14)11-13(16)12-7-3-1-4-8-12/h1,3-4,7-8H,2,5-6,9-11,15H2. The van der Waals surface area contributed by atoms with Gasteiger partial charge in [-0.15, -0.1) is 0 Å². The first kappa shape index (κ1) is 11.3. The Kier molecular flexibility index (Phi) is 3.39. The van der Waals surface area contributed by atoms with Crippen LogP contribution in [-0.4, -0.2) is 11.3 Å². The Morgan fingerprint density at radius 2 is 1.75 bits per heavy atom. The van der Waals surface area contributed by atoms with Gasteiger partial charge in [-0.1, -0.05) is 49.6 Å². The van der Waals surface area contributed by atoms with E-state index in [-0.39, 0.29) is 11.3 Å². The van der Waals surface area contributed by atoms with Crippen LogP contribution in [-0.2, 0) is 0 Å². The Balaban J connectivity index is 2.01. The van der Waals surface area contributed by atoms with Gasteiger partial charge in [0.05, 0.1) is 0 Å². The molecule has 86 valence electrons. The Hall–Kier alpha value is -1.15. The van der Waals surface area contributed by atoms with E-state index in [1.54, 1.807) is 0 Å². The van der Waals surface area contributed by atoms with Crippen LogP contribution in [0.4, 0.5) is 0 Å². The number of carbonyl (C=O) groups is 1. The van der Waals surface area contributed by atoms with Gasteiger partial charge in [-0.05, 0) is 12.8 Å². The third kappa shape index (κ3) is 2.70. The van der Waals surface area contributed by atoms with Crippen LogP contribution in [0.3, 0.4) is 0 Å². The summed E-state index contributed by atoms with van der Waals surface area (Å²) in [6.45, 7) is 0. The highest BCUT2D eigenvalue weighted by Crippen LogP contribution is 2.29. The first-order chi connectivity index (χ1) is 7.70. The first-order valence-corrected chi connectivity index (χ1v) is 6.07. The first-order valence-electron chi connectivity index (χ1n) is 6.07. The average Bonchev–Trinajstić information content (AvgIpc) is 2.30. The van der Waals surface area contributed by atoms with Crippen molar-refractivity contribution in [2.75, 3.05) is 0 Å². The Bertz CT molecular complexity index is 352. The van der Waals surface area contributed by atoms with Gasteiger partial charge >= 0.3 is 0 Å². The van der Waals surface area contributed by atoms with E-state index < -0.39 is 0 Å². The molecule has 1 aliphatic rings. The van der Waals surface area contributed by atoms with Gasteiger partial charge in [0.1, 0.15) is 0 Å². The maximum atomic E-state index is 12.0. The molecule has 0 heterocycles. The second kappa shape index (κ2) is 4.79. The predicted molar refractivity (Wildman–Crippen MR) is 65.4 cm³/mol. The summed E-state index contributed by atoms with van der Waals surface area (Å²) < 4.78 is 0. The molecule has 0 atom stereocenters. The van der Waals surface area contributed by atoms with Crippen molar-refractivity contribution < 1.29 is 4.79 Å². The molecule has 0 aliphatic heterocycles. The molecule has 2 rings (SSSR count). The number of benzene rings is 1. The second-order valence-electron chi connectivity index (χ2n) is 4.89. The van der Waals surface area contributed by atoms with Gasteiger partial charge in [-0.3, -0.25) is 4.79 Å². The van der Waals surface area contributed by atoms with Gasteiger partial charge in [0.25, 0.3) is 0 Å². The van der Waals surface area contributed by atoms with Crippen LogP contribution in [0.2, 0.25) is 0 Å². The molecule has 2 heteroatoms. The molecule has 1 aromatic rings. The molecule has 0 radical (unpaired) electrons. The predicted octanol–water partition coefficient (Wildman–Crippen LogP) is 2.92. The molecule has 1 aliphatic carbocycles. The minimum atomic E-state index is -0.245. The lowest BCUT2D eigenvalue weighted by Gasteiger charge is -2.32. The fourth-order valence-corrected chi connectivity index (χ4v) is 2.48. The molecular formula is C14H19NO. The zero-order chi connectivity index (χ0) is 11.4. The van der Waals surface area contributed by atoms with E-state index in [0.29, 0.717) is 6.42 Å². The zero-order valence-electron chi connectivity index (χ0n) is 9.61. The molecule has 0 unspecified atom stereocenters. The van der Waals surface area contributed by atoms with Crippen molar-refractivity contribution in [1.82, 2.24) is 0 Å².